The van der Waals surface area contributed by atoms with Gasteiger partial charge >= 0.3 is 5.97 Å². The van der Waals surface area contributed by atoms with Crippen LogP contribution in [0, 0.1) is 5.82 Å². The van der Waals surface area contributed by atoms with Gasteiger partial charge in [-0.15, -0.1) is 0 Å². The van der Waals surface area contributed by atoms with Crippen LogP contribution in [0.2, 0.25) is 0 Å². The zero-order valence-electron chi connectivity index (χ0n) is 14.6. The maximum Gasteiger partial charge on any atom is 0.323 e. The molecule has 7 nitrogen and oxygen atoms in total. The highest BCUT2D eigenvalue weighted by molar-refractivity contribution is 7.89. The molecule has 0 spiro atoms. The van der Waals surface area contributed by atoms with Gasteiger partial charge in [-0.25, -0.2) is 17.1 Å². The van der Waals surface area contributed by atoms with Crippen molar-refractivity contribution >= 4 is 21.9 Å². The van der Waals surface area contributed by atoms with E-state index in [1.165, 1.54) is 27.4 Å². The van der Waals surface area contributed by atoms with Gasteiger partial charge in [-0.2, -0.15) is 0 Å². The van der Waals surface area contributed by atoms with Gasteiger partial charge < -0.3 is 10.0 Å². The third-order valence-corrected chi connectivity index (χ3v) is 6.43. The molecule has 1 aliphatic rings. The standard InChI is InChI=1S/C17H23FN2O5S/c1-2-26(24,25)19-9-7-14(8-10-19)20(12-17(22)23)16(21)11-13-5-3-4-6-15(13)18/h3-6,14H,2,7-12H2,1H3,(H,22,23). The van der Waals surface area contributed by atoms with Crippen molar-refractivity contribution in [2.45, 2.75) is 32.2 Å². The van der Waals surface area contributed by atoms with Crippen molar-refractivity contribution in [3.05, 3.63) is 35.6 Å². The summed E-state index contributed by atoms with van der Waals surface area (Å²) >= 11 is 0. The molecule has 1 fully saturated rings. The normalized spacial score (nSPS) is 16.4. The summed E-state index contributed by atoms with van der Waals surface area (Å²) in [6.45, 7) is 1.56. The lowest BCUT2D eigenvalue weighted by Gasteiger charge is -2.37. The van der Waals surface area contributed by atoms with Crippen LogP contribution >= 0.6 is 0 Å². The number of halogens is 1. The Morgan fingerprint density at radius 3 is 2.42 bits per heavy atom. The summed E-state index contributed by atoms with van der Waals surface area (Å²) in [5.74, 6) is -2.15. The Bertz CT molecular complexity index is 760. The molecule has 1 heterocycles. The smallest absolute Gasteiger partial charge is 0.323 e. The number of piperidine rings is 1. The number of aliphatic carboxylic acids is 1. The van der Waals surface area contributed by atoms with Crippen LogP contribution < -0.4 is 0 Å². The number of carboxylic acid groups (broad SMARTS) is 1. The number of benzene rings is 1. The average Bonchev–Trinajstić information content (AvgIpc) is 2.61. The summed E-state index contributed by atoms with van der Waals surface area (Å²) in [5.41, 5.74) is 0.207. The van der Waals surface area contributed by atoms with Crippen molar-refractivity contribution in [2.75, 3.05) is 25.4 Å². The number of carboxylic acids is 1. The van der Waals surface area contributed by atoms with Crippen molar-refractivity contribution in [3.8, 4) is 0 Å². The number of hydrogen-bond donors (Lipinski definition) is 1. The van der Waals surface area contributed by atoms with E-state index in [0.29, 0.717) is 12.8 Å². The molecule has 1 amide bonds. The van der Waals surface area contributed by atoms with Gasteiger partial charge in [0.2, 0.25) is 15.9 Å². The number of amides is 1. The van der Waals surface area contributed by atoms with Gasteiger partial charge in [-0.3, -0.25) is 9.59 Å². The molecular formula is C17H23FN2O5S. The van der Waals surface area contributed by atoms with Crippen molar-refractivity contribution < 1.29 is 27.5 Å². The van der Waals surface area contributed by atoms with Crippen LogP contribution in [0.15, 0.2) is 24.3 Å². The molecule has 2 rings (SSSR count). The maximum atomic E-state index is 13.8. The molecule has 144 valence electrons. The number of rotatable bonds is 7. The first-order valence-electron chi connectivity index (χ1n) is 8.47. The lowest BCUT2D eigenvalue weighted by atomic mass is 10.0. The summed E-state index contributed by atoms with van der Waals surface area (Å²) in [6.07, 6.45) is 0.485. The Hall–Kier alpha value is -2.00. The summed E-state index contributed by atoms with van der Waals surface area (Å²) < 4.78 is 39.0. The Labute approximate surface area is 152 Å². The first-order chi connectivity index (χ1) is 12.2. The van der Waals surface area contributed by atoms with E-state index in [1.54, 1.807) is 13.0 Å². The third kappa shape index (κ3) is 5.01. The van der Waals surface area contributed by atoms with Crippen LogP contribution in [-0.4, -0.2) is 66.0 Å². The molecule has 0 bridgehead atoms. The van der Waals surface area contributed by atoms with Gasteiger partial charge in [0.05, 0.1) is 12.2 Å². The summed E-state index contributed by atoms with van der Waals surface area (Å²) in [4.78, 5) is 25.0. The van der Waals surface area contributed by atoms with E-state index in [-0.39, 0.29) is 36.9 Å². The van der Waals surface area contributed by atoms with Crippen molar-refractivity contribution in [1.82, 2.24) is 9.21 Å². The van der Waals surface area contributed by atoms with E-state index in [9.17, 15) is 22.4 Å². The second-order valence-electron chi connectivity index (χ2n) is 6.21. The molecule has 1 aromatic carbocycles. The van der Waals surface area contributed by atoms with Crippen molar-refractivity contribution in [3.63, 3.8) is 0 Å². The quantitative estimate of drug-likeness (QED) is 0.757. The predicted molar refractivity (Wildman–Crippen MR) is 93.5 cm³/mol. The third-order valence-electron chi connectivity index (χ3n) is 4.55. The summed E-state index contributed by atoms with van der Waals surface area (Å²) in [6, 6.07) is 5.48. The molecule has 26 heavy (non-hydrogen) atoms. The van der Waals surface area contributed by atoms with Crippen molar-refractivity contribution in [1.29, 1.82) is 0 Å². The van der Waals surface area contributed by atoms with E-state index in [0.717, 1.165) is 0 Å². The summed E-state index contributed by atoms with van der Waals surface area (Å²) in [7, 11) is -3.30. The maximum absolute atomic E-state index is 13.8. The fraction of sp³-hybridized carbons (Fsp3) is 0.529. The highest BCUT2D eigenvalue weighted by atomic mass is 32.2. The predicted octanol–water partition coefficient (Wildman–Crippen LogP) is 1.10. The second-order valence-corrected chi connectivity index (χ2v) is 8.47. The number of hydrogen-bond acceptors (Lipinski definition) is 4. The number of carbonyl (C=O) groups excluding carboxylic acids is 1. The molecular weight excluding hydrogens is 363 g/mol. The monoisotopic (exact) mass is 386 g/mol. The lowest BCUT2D eigenvalue weighted by molar-refractivity contribution is -0.146. The van der Waals surface area contributed by atoms with Gasteiger partial charge in [0.1, 0.15) is 12.4 Å². The highest BCUT2D eigenvalue weighted by Gasteiger charge is 2.32. The molecule has 9 heteroatoms. The molecule has 0 aliphatic carbocycles. The van der Waals surface area contributed by atoms with Gasteiger partial charge in [0, 0.05) is 19.1 Å². The SMILES string of the molecule is CCS(=O)(=O)N1CCC(N(CC(=O)O)C(=O)Cc2ccccc2F)CC1. The molecule has 1 saturated heterocycles. The van der Waals surface area contributed by atoms with Crippen LogP contribution in [0.3, 0.4) is 0 Å². The largest absolute Gasteiger partial charge is 0.480 e. The Morgan fingerprint density at radius 1 is 1.27 bits per heavy atom. The van der Waals surface area contributed by atoms with Crippen LogP contribution in [0.5, 0.6) is 0 Å². The summed E-state index contributed by atoms with van der Waals surface area (Å²) in [5, 5.41) is 9.13. The van der Waals surface area contributed by atoms with Gasteiger partial charge in [0.15, 0.2) is 0 Å². The van der Waals surface area contributed by atoms with Crippen LogP contribution in [0.4, 0.5) is 4.39 Å². The van der Waals surface area contributed by atoms with E-state index >= 15 is 0 Å². The van der Waals surface area contributed by atoms with Crippen LogP contribution in [0.1, 0.15) is 25.3 Å². The zero-order valence-corrected chi connectivity index (χ0v) is 15.4. The first kappa shape index (κ1) is 20.3. The zero-order chi connectivity index (χ0) is 19.3. The Kier molecular flexibility index (Phi) is 6.71. The molecule has 1 N–H and O–H groups in total. The fourth-order valence-corrected chi connectivity index (χ4v) is 4.22. The molecule has 0 aromatic heterocycles. The minimum atomic E-state index is -3.30. The molecule has 1 aromatic rings. The average molecular weight is 386 g/mol. The van der Waals surface area contributed by atoms with E-state index in [2.05, 4.69) is 0 Å². The molecule has 1 aliphatic heterocycles. The second kappa shape index (κ2) is 8.59. The van der Waals surface area contributed by atoms with Gasteiger partial charge in [-0.05, 0) is 31.4 Å². The molecule has 0 saturated carbocycles. The Morgan fingerprint density at radius 2 is 1.88 bits per heavy atom. The topological polar surface area (TPSA) is 95.0 Å². The Balaban J connectivity index is 2.09. The van der Waals surface area contributed by atoms with E-state index in [4.69, 9.17) is 5.11 Å². The molecule has 0 atom stereocenters. The molecule has 0 radical (unpaired) electrons. The van der Waals surface area contributed by atoms with Crippen LogP contribution in [-0.2, 0) is 26.0 Å². The van der Waals surface area contributed by atoms with Gasteiger partial charge in [-0.1, -0.05) is 18.2 Å². The molecule has 0 unspecified atom stereocenters. The lowest BCUT2D eigenvalue weighted by Crippen LogP contribution is -2.50. The van der Waals surface area contributed by atoms with E-state index in [1.807, 2.05) is 0 Å². The number of sulfonamides is 1. The van der Waals surface area contributed by atoms with E-state index < -0.39 is 34.3 Å². The highest BCUT2D eigenvalue weighted by Crippen LogP contribution is 2.20. The van der Waals surface area contributed by atoms with Crippen molar-refractivity contribution in [2.24, 2.45) is 0 Å². The number of nitrogens with zero attached hydrogens (tertiary/aromatic N) is 2. The van der Waals surface area contributed by atoms with Crippen LogP contribution in [0.25, 0.3) is 0 Å². The van der Waals surface area contributed by atoms with Gasteiger partial charge in [0.25, 0.3) is 0 Å². The fourth-order valence-electron chi connectivity index (χ4n) is 3.09. The number of carbonyl (C=O) groups is 2. The minimum Gasteiger partial charge on any atom is -0.480 e. The minimum absolute atomic E-state index is 0.00270. The first-order valence-corrected chi connectivity index (χ1v) is 10.1.